The third kappa shape index (κ3) is 2.55. The van der Waals surface area contributed by atoms with Crippen LogP contribution in [0.3, 0.4) is 0 Å². The molecule has 5 heteroatoms. The minimum absolute atomic E-state index is 0.0988. The maximum atomic E-state index is 8.76. The van der Waals surface area contributed by atoms with Crippen molar-refractivity contribution in [2.24, 2.45) is 0 Å². The Morgan fingerprint density at radius 1 is 1.46 bits per heavy atom. The molecular formula is C8H14N4O. The summed E-state index contributed by atoms with van der Waals surface area (Å²) in [4.78, 5) is 9.97. The highest BCUT2D eigenvalue weighted by atomic mass is 16.3. The number of aliphatic hydroxyl groups is 1. The van der Waals surface area contributed by atoms with Crippen molar-refractivity contribution in [2.75, 3.05) is 30.3 Å². The molecule has 0 saturated carbocycles. The molecule has 13 heavy (non-hydrogen) atoms. The molecule has 0 fully saturated rings. The second-order valence-corrected chi connectivity index (χ2v) is 2.62. The van der Waals surface area contributed by atoms with Crippen LogP contribution in [0.15, 0.2) is 12.4 Å². The number of rotatable bonds is 4. The van der Waals surface area contributed by atoms with E-state index in [-0.39, 0.29) is 6.61 Å². The SMILES string of the molecule is CCN(CCO)c1ncc(N)cn1. The van der Waals surface area contributed by atoms with Gasteiger partial charge in [-0.1, -0.05) is 0 Å². The molecule has 0 atom stereocenters. The third-order valence-corrected chi connectivity index (χ3v) is 1.69. The predicted molar refractivity (Wildman–Crippen MR) is 51.4 cm³/mol. The van der Waals surface area contributed by atoms with Crippen molar-refractivity contribution in [3.63, 3.8) is 0 Å². The molecule has 0 saturated heterocycles. The van der Waals surface area contributed by atoms with E-state index in [0.29, 0.717) is 18.2 Å². The van der Waals surface area contributed by atoms with Gasteiger partial charge in [-0.25, -0.2) is 9.97 Å². The van der Waals surface area contributed by atoms with Crippen LogP contribution < -0.4 is 10.6 Å². The molecule has 0 amide bonds. The number of nitrogens with zero attached hydrogens (tertiary/aromatic N) is 3. The summed E-state index contributed by atoms with van der Waals surface area (Å²) in [6.45, 7) is 3.39. The molecular weight excluding hydrogens is 168 g/mol. The molecule has 0 aliphatic carbocycles. The Morgan fingerprint density at radius 3 is 2.54 bits per heavy atom. The van der Waals surface area contributed by atoms with Crippen LogP contribution in [0.1, 0.15) is 6.92 Å². The third-order valence-electron chi connectivity index (χ3n) is 1.69. The van der Waals surface area contributed by atoms with Gasteiger partial charge in [-0.05, 0) is 6.92 Å². The summed E-state index contributed by atoms with van der Waals surface area (Å²) in [6, 6.07) is 0. The van der Waals surface area contributed by atoms with Gasteiger partial charge in [-0.3, -0.25) is 0 Å². The first-order chi connectivity index (χ1) is 6.27. The van der Waals surface area contributed by atoms with Crippen LogP contribution >= 0.6 is 0 Å². The first kappa shape index (κ1) is 9.73. The van der Waals surface area contributed by atoms with Gasteiger partial charge in [0.15, 0.2) is 0 Å². The molecule has 72 valence electrons. The number of anilines is 2. The smallest absolute Gasteiger partial charge is 0.225 e. The van der Waals surface area contributed by atoms with Crippen molar-refractivity contribution >= 4 is 11.6 Å². The summed E-state index contributed by atoms with van der Waals surface area (Å²) < 4.78 is 0. The summed E-state index contributed by atoms with van der Waals surface area (Å²) in [5.74, 6) is 0.603. The minimum atomic E-state index is 0.0988. The highest BCUT2D eigenvalue weighted by Crippen LogP contribution is 2.06. The molecule has 0 aliphatic heterocycles. The van der Waals surface area contributed by atoms with E-state index in [9.17, 15) is 0 Å². The maximum absolute atomic E-state index is 8.76. The Bertz CT molecular complexity index is 249. The van der Waals surface area contributed by atoms with Crippen molar-refractivity contribution in [1.82, 2.24) is 9.97 Å². The summed E-state index contributed by atoms with van der Waals surface area (Å²) in [6.07, 6.45) is 3.12. The van der Waals surface area contributed by atoms with Gasteiger partial charge in [0.1, 0.15) is 0 Å². The van der Waals surface area contributed by atoms with Gasteiger partial charge >= 0.3 is 0 Å². The lowest BCUT2D eigenvalue weighted by Crippen LogP contribution is -2.27. The quantitative estimate of drug-likeness (QED) is 0.678. The molecule has 1 rings (SSSR count). The largest absolute Gasteiger partial charge is 0.396 e. The zero-order valence-corrected chi connectivity index (χ0v) is 7.64. The van der Waals surface area contributed by atoms with Crippen LogP contribution in [-0.4, -0.2) is 34.8 Å². The number of aliphatic hydroxyl groups excluding tert-OH is 1. The second kappa shape index (κ2) is 4.61. The Morgan fingerprint density at radius 2 is 2.08 bits per heavy atom. The monoisotopic (exact) mass is 182 g/mol. The van der Waals surface area contributed by atoms with Gasteiger partial charge in [-0.15, -0.1) is 0 Å². The minimum Gasteiger partial charge on any atom is -0.396 e. The average molecular weight is 182 g/mol. The average Bonchev–Trinajstić information content (AvgIpc) is 2.16. The van der Waals surface area contributed by atoms with Crippen molar-refractivity contribution in [2.45, 2.75) is 6.92 Å². The molecule has 1 aromatic rings. The summed E-state index contributed by atoms with van der Waals surface area (Å²) in [5, 5.41) is 8.76. The predicted octanol–water partition coefficient (Wildman–Crippen LogP) is -0.123. The zero-order chi connectivity index (χ0) is 9.68. The van der Waals surface area contributed by atoms with Crippen LogP contribution in [0.5, 0.6) is 0 Å². The molecule has 3 N–H and O–H groups in total. The van der Waals surface area contributed by atoms with Gasteiger partial charge in [0.25, 0.3) is 0 Å². The standard InChI is InChI=1S/C8H14N4O/c1-2-12(3-4-13)8-10-5-7(9)6-11-8/h5-6,13H,2-4,9H2,1H3. The molecule has 1 heterocycles. The fourth-order valence-corrected chi connectivity index (χ4v) is 1.01. The van der Waals surface area contributed by atoms with Gasteiger partial charge in [0, 0.05) is 13.1 Å². The van der Waals surface area contributed by atoms with E-state index in [1.807, 2.05) is 11.8 Å². The van der Waals surface area contributed by atoms with Crippen molar-refractivity contribution in [3.8, 4) is 0 Å². The van der Waals surface area contributed by atoms with Crippen molar-refractivity contribution in [3.05, 3.63) is 12.4 Å². The first-order valence-electron chi connectivity index (χ1n) is 4.21. The van der Waals surface area contributed by atoms with E-state index in [2.05, 4.69) is 9.97 Å². The summed E-state index contributed by atoms with van der Waals surface area (Å²) >= 11 is 0. The molecule has 5 nitrogen and oxygen atoms in total. The number of nitrogens with two attached hydrogens (primary N) is 1. The summed E-state index contributed by atoms with van der Waals surface area (Å²) in [5.41, 5.74) is 5.99. The molecule has 0 radical (unpaired) electrons. The van der Waals surface area contributed by atoms with Gasteiger partial charge < -0.3 is 15.7 Å². The lowest BCUT2D eigenvalue weighted by molar-refractivity contribution is 0.301. The number of hydrogen-bond acceptors (Lipinski definition) is 5. The molecule has 0 aliphatic rings. The van der Waals surface area contributed by atoms with E-state index in [4.69, 9.17) is 10.8 Å². The van der Waals surface area contributed by atoms with E-state index < -0.39 is 0 Å². The Hall–Kier alpha value is -1.36. The number of nitrogen functional groups attached to an aromatic ring is 1. The number of aromatic nitrogens is 2. The van der Waals surface area contributed by atoms with Crippen LogP contribution in [0.25, 0.3) is 0 Å². The molecule has 0 aromatic carbocycles. The highest BCUT2D eigenvalue weighted by molar-refractivity contribution is 5.37. The highest BCUT2D eigenvalue weighted by Gasteiger charge is 2.04. The molecule has 1 aromatic heterocycles. The second-order valence-electron chi connectivity index (χ2n) is 2.62. The Kier molecular flexibility index (Phi) is 3.45. The van der Waals surface area contributed by atoms with Crippen molar-refractivity contribution in [1.29, 1.82) is 0 Å². The number of hydrogen-bond donors (Lipinski definition) is 2. The summed E-state index contributed by atoms with van der Waals surface area (Å²) in [7, 11) is 0. The number of likely N-dealkylation sites (N-methyl/N-ethyl adjacent to an activating group) is 1. The van der Waals surface area contributed by atoms with Crippen LogP contribution in [0.4, 0.5) is 11.6 Å². The fourth-order valence-electron chi connectivity index (χ4n) is 1.01. The Balaban J connectivity index is 2.73. The van der Waals surface area contributed by atoms with Gasteiger partial charge in [0.05, 0.1) is 24.7 Å². The van der Waals surface area contributed by atoms with E-state index in [0.717, 1.165) is 6.54 Å². The fraction of sp³-hybridized carbons (Fsp3) is 0.500. The van der Waals surface area contributed by atoms with Crippen molar-refractivity contribution < 1.29 is 5.11 Å². The van der Waals surface area contributed by atoms with Gasteiger partial charge in [0.2, 0.25) is 5.95 Å². The topological polar surface area (TPSA) is 75.3 Å². The van der Waals surface area contributed by atoms with Crippen LogP contribution in [0, 0.1) is 0 Å². The zero-order valence-electron chi connectivity index (χ0n) is 7.64. The maximum Gasteiger partial charge on any atom is 0.225 e. The van der Waals surface area contributed by atoms with Gasteiger partial charge in [-0.2, -0.15) is 0 Å². The Labute approximate surface area is 77.2 Å². The molecule has 0 bridgehead atoms. The van der Waals surface area contributed by atoms with E-state index >= 15 is 0 Å². The first-order valence-corrected chi connectivity index (χ1v) is 4.21. The van der Waals surface area contributed by atoms with Crippen LogP contribution in [0.2, 0.25) is 0 Å². The lowest BCUT2D eigenvalue weighted by atomic mass is 10.5. The van der Waals surface area contributed by atoms with E-state index in [1.165, 1.54) is 0 Å². The lowest BCUT2D eigenvalue weighted by Gasteiger charge is -2.18. The molecule has 0 spiro atoms. The van der Waals surface area contributed by atoms with E-state index in [1.54, 1.807) is 12.4 Å². The normalized spacial score (nSPS) is 10.0. The molecule has 0 unspecified atom stereocenters. The van der Waals surface area contributed by atoms with Crippen LogP contribution in [-0.2, 0) is 0 Å².